The van der Waals surface area contributed by atoms with E-state index in [4.69, 9.17) is 32.7 Å². The summed E-state index contributed by atoms with van der Waals surface area (Å²) in [4.78, 5) is 12.3. The minimum absolute atomic E-state index is 0.144. The first-order chi connectivity index (χ1) is 14.9. The smallest absolute Gasteiger partial charge is 0.262 e. The lowest BCUT2D eigenvalue weighted by molar-refractivity contribution is -0.118. The zero-order valence-corrected chi connectivity index (χ0v) is 18.9. The fraction of sp³-hybridized carbons (Fsp3) is 0.208. The van der Waals surface area contributed by atoms with Gasteiger partial charge in [0.15, 0.2) is 18.1 Å². The van der Waals surface area contributed by atoms with Crippen LogP contribution in [0.1, 0.15) is 18.1 Å². The van der Waals surface area contributed by atoms with Crippen LogP contribution in [0.4, 0.5) is 11.4 Å². The maximum Gasteiger partial charge on any atom is 0.262 e. The third-order valence-electron chi connectivity index (χ3n) is 4.48. The quantitative estimate of drug-likeness (QED) is 0.393. The van der Waals surface area contributed by atoms with E-state index in [0.29, 0.717) is 40.4 Å². The normalized spacial score (nSPS) is 10.5. The number of carbonyl (C=O) groups excluding carboxylic acids is 1. The highest BCUT2D eigenvalue weighted by molar-refractivity contribution is 6.31. The molecule has 3 aromatic rings. The lowest BCUT2D eigenvalue weighted by Gasteiger charge is -2.14. The number of benzene rings is 3. The van der Waals surface area contributed by atoms with Gasteiger partial charge in [-0.15, -0.1) is 0 Å². The zero-order valence-electron chi connectivity index (χ0n) is 17.4. The summed E-state index contributed by atoms with van der Waals surface area (Å²) in [5.41, 5.74) is 3.57. The first kappa shape index (κ1) is 22.8. The minimum Gasteiger partial charge on any atom is -0.490 e. The number of amides is 1. The summed E-state index contributed by atoms with van der Waals surface area (Å²) in [5.74, 6) is 0.820. The number of hydrogen-bond donors (Lipinski definition) is 2. The predicted octanol–water partition coefficient (Wildman–Crippen LogP) is 6.33. The average molecular weight is 459 g/mol. The van der Waals surface area contributed by atoms with Gasteiger partial charge in [-0.25, -0.2) is 0 Å². The molecule has 5 nitrogen and oxygen atoms in total. The van der Waals surface area contributed by atoms with Crippen LogP contribution in [-0.4, -0.2) is 19.1 Å². The number of halogens is 2. The number of carbonyl (C=O) groups is 1. The number of ether oxygens (including phenoxy) is 2. The van der Waals surface area contributed by atoms with Gasteiger partial charge in [0.05, 0.1) is 6.61 Å². The zero-order chi connectivity index (χ0) is 22.2. The molecular weight excluding hydrogens is 435 g/mol. The molecule has 0 saturated heterocycles. The van der Waals surface area contributed by atoms with Crippen molar-refractivity contribution in [3.05, 3.63) is 81.8 Å². The number of hydrogen-bond acceptors (Lipinski definition) is 4. The Morgan fingerprint density at radius 1 is 0.903 bits per heavy atom. The van der Waals surface area contributed by atoms with Crippen LogP contribution in [0, 0.1) is 6.92 Å². The van der Waals surface area contributed by atoms with Gasteiger partial charge in [-0.2, -0.15) is 0 Å². The Kier molecular flexibility index (Phi) is 8.04. The number of anilines is 2. The van der Waals surface area contributed by atoms with Gasteiger partial charge >= 0.3 is 0 Å². The van der Waals surface area contributed by atoms with Crippen LogP contribution in [-0.2, 0) is 11.3 Å². The number of nitrogens with one attached hydrogen (secondary N) is 2. The molecule has 0 heterocycles. The third kappa shape index (κ3) is 6.81. The van der Waals surface area contributed by atoms with Crippen molar-refractivity contribution in [1.29, 1.82) is 0 Å². The Labute approximate surface area is 192 Å². The van der Waals surface area contributed by atoms with E-state index in [1.54, 1.807) is 12.1 Å². The first-order valence-corrected chi connectivity index (χ1v) is 10.6. The number of aryl methyl sites for hydroxylation is 1. The minimum atomic E-state index is -0.277. The third-order valence-corrected chi connectivity index (χ3v) is 4.97. The molecule has 0 bridgehead atoms. The van der Waals surface area contributed by atoms with Gasteiger partial charge in [0.1, 0.15) is 0 Å². The summed E-state index contributed by atoms with van der Waals surface area (Å²) in [7, 11) is 0. The second-order valence-corrected chi connectivity index (χ2v) is 7.74. The highest BCUT2D eigenvalue weighted by atomic mass is 35.5. The summed E-state index contributed by atoms with van der Waals surface area (Å²) in [5, 5.41) is 7.41. The van der Waals surface area contributed by atoms with Crippen molar-refractivity contribution in [3.8, 4) is 11.5 Å². The van der Waals surface area contributed by atoms with Gasteiger partial charge in [-0.1, -0.05) is 35.3 Å². The molecule has 2 N–H and O–H groups in total. The van der Waals surface area contributed by atoms with Crippen LogP contribution in [0.15, 0.2) is 60.7 Å². The van der Waals surface area contributed by atoms with Gasteiger partial charge in [-0.3, -0.25) is 4.79 Å². The molecule has 3 rings (SSSR count). The summed E-state index contributed by atoms with van der Waals surface area (Å²) in [6.07, 6.45) is 0. The van der Waals surface area contributed by atoms with E-state index in [2.05, 4.69) is 10.6 Å². The molecule has 0 fully saturated rings. The van der Waals surface area contributed by atoms with Gasteiger partial charge in [-0.05, 0) is 73.5 Å². The Morgan fingerprint density at radius 2 is 1.65 bits per heavy atom. The van der Waals surface area contributed by atoms with Gasteiger partial charge < -0.3 is 20.1 Å². The molecule has 0 aliphatic rings. The Morgan fingerprint density at radius 3 is 2.39 bits per heavy atom. The molecular formula is C24H24Cl2N2O3. The molecule has 0 unspecified atom stereocenters. The van der Waals surface area contributed by atoms with Crippen molar-refractivity contribution in [2.24, 2.45) is 0 Å². The first-order valence-electron chi connectivity index (χ1n) is 9.88. The van der Waals surface area contributed by atoms with Crippen LogP contribution in [0.25, 0.3) is 0 Å². The lowest BCUT2D eigenvalue weighted by Crippen LogP contribution is -2.21. The highest BCUT2D eigenvalue weighted by Gasteiger charge is 2.11. The van der Waals surface area contributed by atoms with E-state index in [1.807, 2.05) is 62.4 Å². The van der Waals surface area contributed by atoms with E-state index < -0.39 is 0 Å². The maximum absolute atomic E-state index is 12.3. The van der Waals surface area contributed by atoms with E-state index in [-0.39, 0.29) is 12.5 Å². The molecule has 0 aromatic heterocycles. The molecule has 31 heavy (non-hydrogen) atoms. The maximum atomic E-state index is 12.3. The van der Waals surface area contributed by atoms with E-state index in [1.165, 1.54) is 0 Å². The molecule has 0 spiro atoms. The molecule has 162 valence electrons. The van der Waals surface area contributed by atoms with E-state index in [9.17, 15) is 4.79 Å². The standard InChI is InChI=1S/C24H24Cl2N2O3/c1-3-30-23-12-17(14-27-20-9-7-18(25)8-10-20)5-11-22(23)31-15-24(29)28-21-13-19(26)6-4-16(21)2/h4-13,27H,3,14-15H2,1-2H3,(H,28,29). The molecule has 0 radical (unpaired) electrons. The summed E-state index contributed by atoms with van der Waals surface area (Å²) in [6.45, 7) is 4.75. The van der Waals surface area contributed by atoms with Gasteiger partial charge in [0.2, 0.25) is 0 Å². The fourth-order valence-corrected chi connectivity index (χ4v) is 3.18. The molecule has 0 saturated carbocycles. The number of rotatable bonds is 9. The molecule has 0 aliphatic heterocycles. The van der Waals surface area contributed by atoms with Gasteiger partial charge in [0, 0.05) is 28.0 Å². The Bertz CT molecular complexity index is 1040. The second-order valence-electron chi connectivity index (χ2n) is 6.87. The molecule has 3 aromatic carbocycles. The van der Waals surface area contributed by atoms with Gasteiger partial charge in [0.25, 0.3) is 5.91 Å². The van der Waals surface area contributed by atoms with E-state index in [0.717, 1.165) is 16.8 Å². The van der Waals surface area contributed by atoms with Crippen molar-refractivity contribution in [1.82, 2.24) is 0 Å². The molecule has 1 amide bonds. The van der Waals surface area contributed by atoms with Crippen molar-refractivity contribution < 1.29 is 14.3 Å². The van der Waals surface area contributed by atoms with Crippen LogP contribution in [0.3, 0.4) is 0 Å². The van der Waals surface area contributed by atoms with Crippen LogP contribution in [0.2, 0.25) is 10.0 Å². The monoisotopic (exact) mass is 458 g/mol. The summed E-state index contributed by atoms with van der Waals surface area (Å²) >= 11 is 11.9. The Balaban J connectivity index is 1.61. The Hall–Kier alpha value is -2.89. The van der Waals surface area contributed by atoms with Crippen LogP contribution < -0.4 is 20.1 Å². The average Bonchev–Trinajstić information content (AvgIpc) is 2.75. The highest BCUT2D eigenvalue weighted by Crippen LogP contribution is 2.29. The van der Waals surface area contributed by atoms with Crippen molar-refractivity contribution in [2.45, 2.75) is 20.4 Å². The van der Waals surface area contributed by atoms with Crippen molar-refractivity contribution in [3.63, 3.8) is 0 Å². The summed E-state index contributed by atoms with van der Waals surface area (Å²) < 4.78 is 11.4. The molecule has 7 heteroatoms. The topological polar surface area (TPSA) is 59.6 Å². The summed E-state index contributed by atoms with van der Waals surface area (Å²) in [6, 6.07) is 18.5. The lowest BCUT2D eigenvalue weighted by atomic mass is 10.2. The predicted molar refractivity (Wildman–Crippen MR) is 127 cm³/mol. The van der Waals surface area contributed by atoms with Crippen LogP contribution in [0.5, 0.6) is 11.5 Å². The fourth-order valence-electron chi connectivity index (χ4n) is 2.88. The molecule has 0 aliphatic carbocycles. The van der Waals surface area contributed by atoms with Crippen molar-refractivity contribution >= 4 is 40.5 Å². The molecule has 0 atom stereocenters. The van der Waals surface area contributed by atoms with Crippen molar-refractivity contribution in [2.75, 3.05) is 23.8 Å². The van der Waals surface area contributed by atoms with E-state index >= 15 is 0 Å². The second kappa shape index (κ2) is 10.9. The van der Waals surface area contributed by atoms with Crippen LogP contribution >= 0.6 is 23.2 Å². The SMILES string of the molecule is CCOc1cc(CNc2ccc(Cl)cc2)ccc1OCC(=O)Nc1cc(Cl)ccc1C. The largest absolute Gasteiger partial charge is 0.490 e.